The first kappa shape index (κ1) is 33.6. The third kappa shape index (κ3) is 7.86. The van der Waals surface area contributed by atoms with Gasteiger partial charge < -0.3 is 15.1 Å². The van der Waals surface area contributed by atoms with E-state index in [2.05, 4.69) is 20.1 Å². The Balaban J connectivity index is 1.60. The van der Waals surface area contributed by atoms with Crippen LogP contribution in [0.3, 0.4) is 0 Å². The molecule has 0 atom stereocenters. The van der Waals surface area contributed by atoms with Crippen molar-refractivity contribution >= 4 is 34.5 Å². The number of halogens is 9. The van der Waals surface area contributed by atoms with Crippen molar-refractivity contribution in [3.63, 3.8) is 0 Å². The molecule has 2 aromatic carbocycles. The lowest BCUT2D eigenvalue weighted by molar-refractivity contribution is -0.235. The van der Waals surface area contributed by atoms with Gasteiger partial charge in [0.25, 0.3) is 5.91 Å². The number of alkyl halides is 9. The van der Waals surface area contributed by atoms with Gasteiger partial charge in [0.15, 0.2) is 0 Å². The number of anilines is 2. The number of carbonyl (C=O) groups excluding carboxylic acids is 2. The van der Waals surface area contributed by atoms with Crippen molar-refractivity contribution in [3.8, 4) is 0 Å². The summed E-state index contributed by atoms with van der Waals surface area (Å²) in [6, 6.07) is 3.76. The minimum atomic E-state index is -5.61. The Morgan fingerprint density at radius 1 is 0.844 bits per heavy atom. The molecule has 1 aromatic heterocycles. The Bertz CT molecular complexity index is 1550. The highest BCUT2D eigenvalue weighted by Gasteiger charge is 2.46. The van der Waals surface area contributed by atoms with Crippen molar-refractivity contribution < 1.29 is 53.9 Å². The average Bonchev–Trinajstić information content (AvgIpc) is 2.94. The number of hydrogen-bond acceptors (Lipinski definition) is 7. The van der Waals surface area contributed by atoms with Crippen molar-refractivity contribution in [1.82, 2.24) is 15.0 Å². The molecule has 1 saturated carbocycles. The molecular weight excluding hydrogens is 625 g/mol. The summed E-state index contributed by atoms with van der Waals surface area (Å²) in [6.45, 7) is 1.91. The van der Waals surface area contributed by atoms with E-state index in [1.54, 1.807) is 25.1 Å². The average molecular weight is 652 g/mol. The largest absolute Gasteiger partial charge is 0.493 e. The Kier molecular flexibility index (Phi) is 9.13. The molecule has 45 heavy (non-hydrogen) atoms. The second kappa shape index (κ2) is 12.2. The number of aryl methyl sites for hydroxylation is 1. The summed E-state index contributed by atoms with van der Waals surface area (Å²) >= 11 is 0. The van der Waals surface area contributed by atoms with E-state index in [1.165, 1.54) is 0 Å². The summed E-state index contributed by atoms with van der Waals surface area (Å²) in [5.74, 6) is -3.80. The predicted octanol–water partition coefficient (Wildman–Crippen LogP) is 6.93. The second-order valence-electron chi connectivity index (χ2n) is 10.7. The van der Waals surface area contributed by atoms with Crippen molar-refractivity contribution in [2.75, 3.05) is 24.3 Å². The van der Waals surface area contributed by atoms with E-state index in [0.717, 1.165) is 10.9 Å². The van der Waals surface area contributed by atoms with Gasteiger partial charge in [-0.1, -0.05) is 11.6 Å². The van der Waals surface area contributed by atoms with Gasteiger partial charge in [0, 0.05) is 31.1 Å². The van der Waals surface area contributed by atoms with Gasteiger partial charge in [-0.25, -0.2) is 9.78 Å². The maximum absolute atomic E-state index is 13.4. The van der Waals surface area contributed by atoms with Crippen LogP contribution in [-0.4, -0.2) is 59.3 Å². The predicted molar refractivity (Wildman–Crippen MR) is 143 cm³/mol. The summed E-state index contributed by atoms with van der Waals surface area (Å²) in [7, 11) is 3.57. The van der Waals surface area contributed by atoms with E-state index in [-0.39, 0.29) is 60.9 Å². The summed E-state index contributed by atoms with van der Waals surface area (Å²) in [5, 5.41) is 3.83. The van der Waals surface area contributed by atoms with Crippen LogP contribution in [0, 0.1) is 6.92 Å². The number of rotatable bonds is 5. The molecule has 1 N–H and O–H groups in total. The zero-order valence-corrected chi connectivity index (χ0v) is 23.9. The van der Waals surface area contributed by atoms with E-state index in [1.807, 2.05) is 19.1 Å². The van der Waals surface area contributed by atoms with Gasteiger partial charge in [0.05, 0.1) is 22.7 Å². The lowest BCUT2D eigenvalue weighted by Gasteiger charge is -2.35. The molecule has 0 unspecified atom stereocenters. The van der Waals surface area contributed by atoms with Crippen LogP contribution in [-0.2, 0) is 22.0 Å². The van der Waals surface area contributed by atoms with Crippen LogP contribution in [0.15, 0.2) is 36.4 Å². The highest BCUT2D eigenvalue weighted by Crippen LogP contribution is 2.37. The molecule has 1 aliphatic rings. The first-order valence-electron chi connectivity index (χ1n) is 13.4. The molecule has 0 saturated heterocycles. The molecule has 244 valence electrons. The van der Waals surface area contributed by atoms with Crippen LogP contribution in [0.25, 0.3) is 10.9 Å². The number of amides is 1. The van der Waals surface area contributed by atoms with E-state index in [4.69, 9.17) is 0 Å². The summed E-state index contributed by atoms with van der Waals surface area (Å²) in [5.41, 5.74) is -3.37. The molecule has 0 aliphatic heterocycles. The Morgan fingerprint density at radius 3 is 1.93 bits per heavy atom. The van der Waals surface area contributed by atoms with Crippen molar-refractivity contribution in [3.05, 3.63) is 58.7 Å². The van der Waals surface area contributed by atoms with Crippen molar-refractivity contribution in [2.45, 2.75) is 63.2 Å². The number of fused-ring (bicyclic) bond motifs is 1. The van der Waals surface area contributed by atoms with Gasteiger partial charge in [0.2, 0.25) is 5.95 Å². The summed E-state index contributed by atoms with van der Waals surface area (Å²) < 4.78 is 119. The lowest BCUT2D eigenvalue weighted by atomic mass is 9.90. The third-order valence-electron chi connectivity index (χ3n) is 7.06. The van der Waals surface area contributed by atoms with Gasteiger partial charge in [-0.2, -0.15) is 49.6 Å². The van der Waals surface area contributed by atoms with Crippen molar-refractivity contribution in [2.24, 2.45) is 0 Å². The standard InChI is InChI=1S/C28H26F9N5O3/c1-14-4-9-21-20(10-14)22(41(2)3)40-25(39-21)38-18-5-7-19(8-6-18)42(45-24(44)28(35,36)37)23(43)15-11-16(26(29,30)31)13-17(12-15)27(32,33)34/h4,9-13,18-19H,5-8H2,1-3H3,(H,38,39,40). The molecule has 1 amide bonds. The van der Waals surface area contributed by atoms with Crippen LogP contribution in [0.4, 0.5) is 51.3 Å². The number of carbonyl (C=O) groups is 2. The van der Waals surface area contributed by atoms with Gasteiger partial charge >= 0.3 is 24.5 Å². The number of nitrogens with zero attached hydrogens (tertiary/aromatic N) is 4. The molecule has 0 spiro atoms. The number of hydrogen-bond donors (Lipinski definition) is 1. The van der Waals surface area contributed by atoms with Gasteiger partial charge in [-0.15, -0.1) is 0 Å². The molecule has 1 heterocycles. The van der Waals surface area contributed by atoms with E-state index in [9.17, 15) is 49.1 Å². The summed E-state index contributed by atoms with van der Waals surface area (Å²) in [6.07, 6.45) is -16.3. The minimum absolute atomic E-state index is 0.0556. The molecule has 3 aromatic rings. The highest BCUT2D eigenvalue weighted by atomic mass is 19.4. The number of nitrogens with one attached hydrogen (secondary N) is 1. The van der Waals surface area contributed by atoms with E-state index >= 15 is 0 Å². The molecule has 4 rings (SSSR count). The van der Waals surface area contributed by atoms with Gasteiger partial charge in [-0.05, 0) is 62.9 Å². The smallest absolute Gasteiger partial charge is 0.362 e. The topological polar surface area (TPSA) is 87.7 Å². The fourth-order valence-corrected chi connectivity index (χ4v) is 4.90. The molecule has 0 bridgehead atoms. The molecule has 8 nitrogen and oxygen atoms in total. The zero-order chi connectivity index (χ0) is 33.5. The fraction of sp³-hybridized carbons (Fsp3) is 0.429. The normalized spacial score (nSPS) is 17.6. The van der Waals surface area contributed by atoms with Gasteiger partial charge in [-0.3, -0.25) is 4.79 Å². The highest BCUT2D eigenvalue weighted by molar-refractivity contribution is 5.95. The SMILES string of the molecule is Cc1ccc2nc(NC3CCC(N(OC(=O)C(F)(F)F)C(=O)c4cc(C(F)(F)F)cc(C(F)(F)F)c4)CC3)nc(N(C)C)c2c1. The monoisotopic (exact) mass is 651 g/mol. The molecule has 0 radical (unpaired) electrons. The maximum atomic E-state index is 13.4. The lowest BCUT2D eigenvalue weighted by Crippen LogP contribution is -2.47. The fourth-order valence-electron chi connectivity index (χ4n) is 4.90. The molecule has 1 fully saturated rings. The Morgan fingerprint density at radius 2 is 1.42 bits per heavy atom. The number of benzene rings is 2. The zero-order valence-electron chi connectivity index (χ0n) is 23.9. The number of hydroxylamine groups is 2. The van der Waals surface area contributed by atoms with Crippen LogP contribution in [0.1, 0.15) is 52.7 Å². The number of aromatic nitrogens is 2. The second-order valence-corrected chi connectivity index (χ2v) is 10.7. The van der Waals surface area contributed by atoms with Gasteiger partial charge in [0.1, 0.15) is 5.82 Å². The maximum Gasteiger partial charge on any atom is 0.493 e. The first-order valence-corrected chi connectivity index (χ1v) is 13.4. The van der Waals surface area contributed by atoms with Crippen LogP contribution < -0.4 is 10.2 Å². The molecule has 17 heteroatoms. The molecule has 1 aliphatic carbocycles. The molecular formula is C28H26F9N5O3. The van der Waals surface area contributed by atoms with Crippen molar-refractivity contribution in [1.29, 1.82) is 0 Å². The summed E-state index contributed by atoms with van der Waals surface area (Å²) in [4.78, 5) is 40.0. The van der Waals surface area contributed by atoms with E-state index < -0.39 is 53.1 Å². The Hall–Kier alpha value is -4.31. The van der Waals surface area contributed by atoms with Crippen LogP contribution in [0.2, 0.25) is 0 Å². The minimum Gasteiger partial charge on any atom is -0.362 e. The Labute approximate surface area is 250 Å². The van der Waals surface area contributed by atoms with E-state index in [0.29, 0.717) is 11.3 Å². The van der Waals surface area contributed by atoms with Crippen LogP contribution in [0.5, 0.6) is 0 Å². The van der Waals surface area contributed by atoms with Crippen LogP contribution >= 0.6 is 0 Å². The quantitative estimate of drug-likeness (QED) is 0.237. The first-order chi connectivity index (χ1) is 20.7. The third-order valence-corrected chi connectivity index (χ3v) is 7.06.